The number of hydrogen-bond donors (Lipinski definition) is 2. The van der Waals surface area contributed by atoms with E-state index in [0.717, 1.165) is 11.1 Å². The van der Waals surface area contributed by atoms with Crippen LogP contribution < -0.4 is 5.32 Å². The molecule has 0 aromatic heterocycles. The van der Waals surface area contributed by atoms with E-state index in [1.807, 2.05) is 67.6 Å². The van der Waals surface area contributed by atoms with Crippen molar-refractivity contribution in [1.82, 2.24) is 5.32 Å². The van der Waals surface area contributed by atoms with E-state index >= 15 is 0 Å². The molecule has 0 fully saturated rings. The van der Waals surface area contributed by atoms with Gasteiger partial charge < -0.3 is 10.4 Å². The molecule has 2 atom stereocenters. The van der Waals surface area contributed by atoms with Gasteiger partial charge >= 0.3 is 5.97 Å². The van der Waals surface area contributed by atoms with E-state index in [1.165, 1.54) is 0 Å². The van der Waals surface area contributed by atoms with Gasteiger partial charge in [0.25, 0.3) is 0 Å². The second-order valence-corrected chi connectivity index (χ2v) is 6.40. The number of rotatable bonds is 9. The third-order valence-corrected chi connectivity index (χ3v) is 4.26. The minimum Gasteiger partial charge on any atom is -0.481 e. The van der Waals surface area contributed by atoms with Crippen LogP contribution in [0.5, 0.6) is 0 Å². The van der Waals surface area contributed by atoms with Gasteiger partial charge in [0.05, 0.1) is 0 Å². The first-order chi connectivity index (χ1) is 12.0. The third kappa shape index (κ3) is 6.79. The largest absolute Gasteiger partial charge is 0.481 e. The minimum atomic E-state index is -0.843. The Morgan fingerprint density at radius 1 is 1.00 bits per heavy atom. The molecule has 4 heteroatoms. The van der Waals surface area contributed by atoms with Crippen molar-refractivity contribution in [3.8, 4) is 0 Å². The van der Waals surface area contributed by atoms with Crippen molar-refractivity contribution in [3.05, 3.63) is 71.8 Å². The van der Waals surface area contributed by atoms with Crippen LogP contribution >= 0.6 is 0 Å². The number of carboxylic acids is 1. The van der Waals surface area contributed by atoms with Crippen LogP contribution in [0.15, 0.2) is 60.7 Å². The lowest BCUT2D eigenvalue weighted by molar-refractivity contribution is -0.137. The van der Waals surface area contributed by atoms with E-state index in [-0.39, 0.29) is 24.3 Å². The molecular weight excluding hydrogens is 314 g/mol. The number of carbonyl (C=O) groups is 2. The molecule has 4 nitrogen and oxygen atoms in total. The van der Waals surface area contributed by atoms with Crippen molar-refractivity contribution in [3.63, 3.8) is 0 Å². The summed E-state index contributed by atoms with van der Waals surface area (Å²) in [5.74, 6) is -0.759. The van der Waals surface area contributed by atoms with Crippen LogP contribution in [-0.4, -0.2) is 23.0 Å². The van der Waals surface area contributed by atoms with E-state index < -0.39 is 5.97 Å². The van der Waals surface area contributed by atoms with Gasteiger partial charge in [0.2, 0.25) is 5.91 Å². The van der Waals surface area contributed by atoms with E-state index in [0.29, 0.717) is 19.3 Å². The number of hydrogen-bond acceptors (Lipinski definition) is 2. The molecule has 0 radical (unpaired) electrons. The molecule has 2 rings (SSSR count). The number of benzene rings is 2. The molecule has 0 bridgehead atoms. The number of amides is 1. The minimum absolute atomic E-state index is 0.0392. The summed E-state index contributed by atoms with van der Waals surface area (Å²) in [5, 5.41) is 12.0. The van der Waals surface area contributed by atoms with Gasteiger partial charge in [0.15, 0.2) is 0 Å². The first-order valence-corrected chi connectivity index (χ1v) is 8.64. The van der Waals surface area contributed by atoms with Crippen LogP contribution in [0.3, 0.4) is 0 Å². The van der Waals surface area contributed by atoms with Gasteiger partial charge in [0.1, 0.15) is 0 Å². The summed E-state index contributed by atoms with van der Waals surface area (Å²) >= 11 is 0. The molecule has 2 aromatic carbocycles. The van der Waals surface area contributed by atoms with Gasteiger partial charge in [-0.1, -0.05) is 67.6 Å². The van der Waals surface area contributed by atoms with Gasteiger partial charge in [-0.25, -0.2) is 0 Å². The zero-order valence-electron chi connectivity index (χ0n) is 14.5. The number of aliphatic carboxylic acids is 1. The van der Waals surface area contributed by atoms with Crippen molar-refractivity contribution < 1.29 is 14.7 Å². The Morgan fingerprint density at radius 2 is 1.60 bits per heavy atom. The number of carbonyl (C=O) groups excluding carboxylic acids is 1. The van der Waals surface area contributed by atoms with Gasteiger partial charge in [-0.3, -0.25) is 9.59 Å². The highest BCUT2D eigenvalue weighted by Crippen LogP contribution is 2.18. The fourth-order valence-corrected chi connectivity index (χ4v) is 2.89. The number of nitrogens with one attached hydrogen (secondary N) is 1. The van der Waals surface area contributed by atoms with E-state index in [4.69, 9.17) is 5.11 Å². The molecule has 0 aliphatic carbocycles. The third-order valence-electron chi connectivity index (χ3n) is 4.26. The van der Waals surface area contributed by atoms with E-state index in [9.17, 15) is 9.59 Å². The Kier molecular flexibility index (Phi) is 7.20. The van der Waals surface area contributed by atoms with Gasteiger partial charge in [-0.05, 0) is 29.9 Å². The smallest absolute Gasteiger partial charge is 0.303 e. The average Bonchev–Trinajstić information content (AvgIpc) is 2.61. The highest BCUT2D eigenvalue weighted by atomic mass is 16.4. The Balaban J connectivity index is 1.94. The fourth-order valence-electron chi connectivity index (χ4n) is 2.89. The summed E-state index contributed by atoms with van der Waals surface area (Å²) in [6.45, 7) is 2.03. The number of carboxylic acid groups (broad SMARTS) is 1. The van der Waals surface area contributed by atoms with Crippen molar-refractivity contribution in [2.45, 2.75) is 44.6 Å². The molecular formula is C21H25NO3. The van der Waals surface area contributed by atoms with Crippen LogP contribution in [0.1, 0.15) is 43.2 Å². The van der Waals surface area contributed by atoms with Gasteiger partial charge in [-0.15, -0.1) is 0 Å². The molecule has 2 aromatic rings. The van der Waals surface area contributed by atoms with Crippen molar-refractivity contribution >= 4 is 11.9 Å². The summed E-state index contributed by atoms with van der Waals surface area (Å²) in [4.78, 5) is 23.3. The maximum absolute atomic E-state index is 12.4. The van der Waals surface area contributed by atoms with Crippen LogP contribution in [0.25, 0.3) is 0 Å². The molecule has 1 amide bonds. The van der Waals surface area contributed by atoms with Crippen LogP contribution in [0.4, 0.5) is 0 Å². The quantitative estimate of drug-likeness (QED) is 0.731. The first kappa shape index (κ1) is 18.7. The highest BCUT2D eigenvalue weighted by Gasteiger charge is 2.17. The van der Waals surface area contributed by atoms with Crippen LogP contribution in [0, 0.1) is 0 Å². The normalized spacial score (nSPS) is 13.0. The lowest BCUT2D eigenvalue weighted by Crippen LogP contribution is -2.37. The Morgan fingerprint density at radius 3 is 2.20 bits per heavy atom. The SMILES string of the molecule is CC(CC(=O)NC(CCC(=O)O)Cc1ccccc1)c1ccccc1. The molecule has 132 valence electrons. The second kappa shape index (κ2) is 9.62. The monoisotopic (exact) mass is 339 g/mol. The van der Waals surface area contributed by atoms with Crippen molar-refractivity contribution in [1.29, 1.82) is 0 Å². The predicted octanol–water partition coefficient (Wildman–Crippen LogP) is 3.77. The van der Waals surface area contributed by atoms with E-state index in [1.54, 1.807) is 0 Å². The Labute approximate surface area is 148 Å². The predicted molar refractivity (Wildman–Crippen MR) is 98.4 cm³/mol. The molecule has 2 N–H and O–H groups in total. The van der Waals surface area contributed by atoms with Crippen LogP contribution in [0.2, 0.25) is 0 Å². The molecule has 0 aliphatic heterocycles. The Bertz CT molecular complexity index is 670. The molecule has 0 saturated carbocycles. The summed E-state index contributed by atoms with van der Waals surface area (Å²) in [5.41, 5.74) is 2.22. The molecule has 0 spiro atoms. The first-order valence-electron chi connectivity index (χ1n) is 8.64. The summed E-state index contributed by atoms with van der Waals surface area (Å²) in [6.07, 6.45) is 1.50. The van der Waals surface area contributed by atoms with Gasteiger partial charge in [0, 0.05) is 18.9 Å². The zero-order valence-corrected chi connectivity index (χ0v) is 14.5. The maximum atomic E-state index is 12.4. The lowest BCUT2D eigenvalue weighted by Gasteiger charge is -2.20. The summed E-state index contributed by atoms with van der Waals surface area (Å²) < 4.78 is 0. The molecule has 0 saturated heterocycles. The maximum Gasteiger partial charge on any atom is 0.303 e. The molecule has 0 heterocycles. The summed E-state index contributed by atoms with van der Waals surface area (Å²) in [6, 6.07) is 19.6. The molecule has 2 unspecified atom stereocenters. The molecule has 0 aliphatic rings. The second-order valence-electron chi connectivity index (χ2n) is 6.40. The lowest BCUT2D eigenvalue weighted by atomic mass is 9.96. The fraction of sp³-hybridized carbons (Fsp3) is 0.333. The summed E-state index contributed by atoms with van der Waals surface area (Å²) in [7, 11) is 0. The van der Waals surface area contributed by atoms with Crippen LogP contribution in [-0.2, 0) is 16.0 Å². The standard InChI is InChI=1S/C21H25NO3/c1-16(18-10-6-3-7-11-18)14-20(23)22-19(12-13-21(24)25)15-17-8-4-2-5-9-17/h2-11,16,19H,12-15H2,1H3,(H,22,23)(H,24,25). The molecule has 25 heavy (non-hydrogen) atoms. The van der Waals surface area contributed by atoms with Gasteiger partial charge in [-0.2, -0.15) is 0 Å². The highest BCUT2D eigenvalue weighted by molar-refractivity contribution is 5.77. The Hall–Kier alpha value is -2.62. The average molecular weight is 339 g/mol. The topological polar surface area (TPSA) is 66.4 Å². The van der Waals surface area contributed by atoms with Crippen molar-refractivity contribution in [2.75, 3.05) is 0 Å². The van der Waals surface area contributed by atoms with E-state index in [2.05, 4.69) is 5.32 Å². The van der Waals surface area contributed by atoms with Crippen molar-refractivity contribution in [2.24, 2.45) is 0 Å². The zero-order chi connectivity index (χ0) is 18.1.